The van der Waals surface area contributed by atoms with Crippen LogP contribution in [0.2, 0.25) is 0 Å². The first kappa shape index (κ1) is 13.4. The van der Waals surface area contributed by atoms with Crippen LogP contribution in [0.5, 0.6) is 5.75 Å². The number of phenols is 1. The summed E-state index contributed by atoms with van der Waals surface area (Å²) in [6, 6.07) is 4.67. The number of aromatic hydroxyl groups is 1. The topological polar surface area (TPSA) is 66.8 Å². The number of hydrogen-bond donors (Lipinski definition) is 1. The Morgan fingerprint density at radius 1 is 1.42 bits per heavy atom. The van der Waals surface area contributed by atoms with Gasteiger partial charge in [0.2, 0.25) is 0 Å². The minimum atomic E-state index is -0.589. The van der Waals surface area contributed by atoms with Crippen LogP contribution in [0.1, 0.15) is 36.7 Å². The fourth-order valence-corrected chi connectivity index (χ4v) is 1.81. The zero-order valence-electron chi connectivity index (χ0n) is 11.3. The van der Waals surface area contributed by atoms with E-state index in [1.54, 1.807) is 26.8 Å². The van der Waals surface area contributed by atoms with Gasteiger partial charge in [0, 0.05) is 5.56 Å². The van der Waals surface area contributed by atoms with Crippen molar-refractivity contribution in [2.45, 2.75) is 27.3 Å². The number of ether oxygens (including phenoxy) is 1. The Labute approximate surface area is 111 Å². The van der Waals surface area contributed by atoms with E-state index in [4.69, 9.17) is 4.74 Å². The molecule has 0 aromatic heterocycles. The van der Waals surface area contributed by atoms with E-state index in [0.717, 1.165) is 5.56 Å². The van der Waals surface area contributed by atoms with Gasteiger partial charge in [-0.05, 0) is 38.5 Å². The van der Waals surface area contributed by atoms with Gasteiger partial charge in [-0.15, -0.1) is 0 Å². The maximum Gasteiger partial charge on any atom is 0.312 e. The van der Waals surface area contributed by atoms with Crippen molar-refractivity contribution < 1.29 is 19.4 Å². The maximum atomic E-state index is 12.0. The molecule has 0 saturated heterocycles. The zero-order chi connectivity index (χ0) is 14.2. The quantitative estimate of drug-likeness (QED) is 0.827. The van der Waals surface area contributed by atoms with Crippen LogP contribution in [0, 0.1) is 5.41 Å². The number of amides is 1. The van der Waals surface area contributed by atoms with Gasteiger partial charge in [-0.3, -0.25) is 9.59 Å². The van der Waals surface area contributed by atoms with Gasteiger partial charge >= 0.3 is 5.97 Å². The first-order valence-corrected chi connectivity index (χ1v) is 6.07. The second kappa shape index (κ2) is 4.57. The van der Waals surface area contributed by atoms with Crippen molar-refractivity contribution in [3.05, 3.63) is 29.3 Å². The van der Waals surface area contributed by atoms with Crippen molar-refractivity contribution in [3.63, 3.8) is 0 Å². The highest BCUT2D eigenvalue weighted by molar-refractivity contribution is 5.98. The summed E-state index contributed by atoms with van der Waals surface area (Å²) < 4.78 is 5.13. The summed E-state index contributed by atoms with van der Waals surface area (Å²) in [6.45, 7) is 5.60. The molecule has 0 atom stereocenters. The molecule has 0 bridgehead atoms. The summed E-state index contributed by atoms with van der Waals surface area (Å²) in [5.74, 6) is -0.521. The molecule has 1 amide bonds. The number of fused-ring (bicyclic) bond motifs is 1. The summed E-state index contributed by atoms with van der Waals surface area (Å²) >= 11 is 0. The Bertz CT molecular complexity index is 531. The lowest BCUT2D eigenvalue weighted by molar-refractivity contribution is -0.156. The lowest BCUT2D eigenvalue weighted by Crippen LogP contribution is -2.32. The molecule has 2 rings (SSSR count). The minimum Gasteiger partial charge on any atom is -0.508 e. The summed E-state index contributed by atoms with van der Waals surface area (Å²) in [7, 11) is 0. The predicted molar refractivity (Wildman–Crippen MR) is 68.4 cm³/mol. The number of phenolic OH excluding ortho intramolecular Hbond substituents is 1. The van der Waals surface area contributed by atoms with E-state index in [0.29, 0.717) is 12.1 Å². The molecule has 1 aromatic rings. The lowest BCUT2D eigenvalue weighted by Gasteiger charge is -2.20. The van der Waals surface area contributed by atoms with E-state index in [-0.39, 0.29) is 24.4 Å². The van der Waals surface area contributed by atoms with Crippen LogP contribution in [0.15, 0.2) is 18.2 Å². The van der Waals surface area contributed by atoms with E-state index in [1.165, 1.54) is 17.0 Å². The number of carbonyl (C=O) groups excluding carboxylic acids is 2. The van der Waals surface area contributed by atoms with E-state index in [9.17, 15) is 14.7 Å². The third-order valence-electron chi connectivity index (χ3n) is 2.94. The van der Waals surface area contributed by atoms with Crippen LogP contribution >= 0.6 is 0 Å². The molecule has 0 aliphatic carbocycles. The molecule has 1 heterocycles. The fourth-order valence-electron chi connectivity index (χ4n) is 1.81. The molecule has 102 valence electrons. The number of esters is 1. The SMILES string of the molecule is CC(C)(C)C(=O)OCN1Cc2ccc(O)cc2C1=O. The Kier molecular flexibility index (Phi) is 3.22. The maximum absolute atomic E-state index is 12.0. The molecule has 5 nitrogen and oxygen atoms in total. The van der Waals surface area contributed by atoms with Gasteiger partial charge in [-0.2, -0.15) is 0 Å². The molecule has 5 heteroatoms. The molecule has 0 saturated carbocycles. The number of carbonyl (C=O) groups is 2. The van der Waals surface area contributed by atoms with Gasteiger partial charge in [0.1, 0.15) is 5.75 Å². The molecular weight excluding hydrogens is 246 g/mol. The highest BCUT2D eigenvalue weighted by Crippen LogP contribution is 2.26. The van der Waals surface area contributed by atoms with Gasteiger partial charge in [0.15, 0.2) is 6.73 Å². The molecule has 0 unspecified atom stereocenters. The zero-order valence-corrected chi connectivity index (χ0v) is 11.3. The minimum absolute atomic E-state index is 0.0561. The van der Waals surface area contributed by atoms with E-state index >= 15 is 0 Å². The van der Waals surface area contributed by atoms with Gasteiger partial charge in [0.25, 0.3) is 5.91 Å². The molecule has 0 spiro atoms. The largest absolute Gasteiger partial charge is 0.508 e. The Morgan fingerprint density at radius 2 is 2.11 bits per heavy atom. The van der Waals surface area contributed by atoms with Crippen LogP contribution in [0.3, 0.4) is 0 Å². The standard InChI is InChI=1S/C14H17NO4/c1-14(2,3)13(18)19-8-15-7-9-4-5-10(16)6-11(9)12(15)17/h4-6,16H,7-8H2,1-3H3. The first-order chi connectivity index (χ1) is 8.79. The first-order valence-electron chi connectivity index (χ1n) is 6.07. The fraction of sp³-hybridized carbons (Fsp3) is 0.429. The summed E-state index contributed by atoms with van der Waals surface area (Å²) in [6.07, 6.45) is 0. The van der Waals surface area contributed by atoms with Crippen molar-refractivity contribution in [1.82, 2.24) is 4.90 Å². The average Bonchev–Trinajstić information content (AvgIpc) is 2.62. The van der Waals surface area contributed by atoms with Crippen molar-refractivity contribution >= 4 is 11.9 Å². The third kappa shape index (κ3) is 2.70. The van der Waals surface area contributed by atoms with Crippen LogP contribution < -0.4 is 0 Å². The average molecular weight is 263 g/mol. The number of nitrogens with zero attached hydrogens (tertiary/aromatic N) is 1. The van der Waals surface area contributed by atoms with Gasteiger partial charge in [-0.1, -0.05) is 6.07 Å². The lowest BCUT2D eigenvalue weighted by atomic mass is 9.98. The number of hydrogen-bond acceptors (Lipinski definition) is 4. The molecule has 1 aliphatic rings. The highest BCUT2D eigenvalue weighted by Gasteiger charge is 2.30. The van der Waals surface area contributed by atoms with Crippen LogP contribution in [-0.2, 0) is 16.1 Å². The monoisotopic (exact) mass is 263 g/mol. The summed E-state index contributed by atoms with van der Waals surface area (Å²) in [5, 5.41) is 9.37. The molecule has 1 aromatic carbocycles. The smallest absolute Gasteiger partial charge is 0.312 e. The second-order valence-electron chi connectivity index (χ2n) is 5.66. The number of rotatable bonds is 2. The van der Waals surface area contributed by atoms with Gasteiger partial charge in [0.05, 0.1) is 12.0 Å². The van der Waals surface area contributed by atoms with E-state index < -0.39 is 5.41 Å². The molecule has 1 aliphatic heterocycles. The van der Waals surface area contributed by atoms with Crippen LogP contribution in [0.25, 0.3) is 0 Å². The van der Waals surface area contributed by atoms with Crippen molar-refractivity contribution in [2.75, 3.05) is 6.73 Å². The normalized spacial score (nSPS) is 14.5. The van der Waals surface area contributed by atoms with Crippen molar-refractivity contribution in [1.29, 1.82) is 0 Å². The Hall–Kier alpha value is -2.04. The summed E-state index contributed by atoms with van der Waals surface area (Å²) in [5.41, 5.74) is 0.704. The van der Waals surface area contributed by atoms with Gasteiger partial charge < -0.3 is 14.7 Å². The molecular formula is C14H17NO4. The van der Waals surface area contributed by atoms with Crippen LogP contribution in [0.4, 0.5) is 0 Å². The Morgan fingerprint density at radius 3 is 2.74 bits per heavy atom. The molecule has 0 fully saturated rings. The van der Waals surface area contributed by atoms with Crippen molar-refractivity contribution in [3.8, 4) is 5.75 Å². The van der Waals surface area contributed by atoms with Gasteiger partial charge in [-0.25, -0.2) is 0 Å². The molecule has 1 N–H and O–H groups in total. The third-order valence-corrected chi connectivity index (χ3v) is 2.94. The predicted octanol–water partition coefficient (Wildman–Crippen LogP) is 1.89. The molecule has 0 radical (unpaired) electrons. The van der Waals surface area contributed by atoms with Crippen molar-refractivity contribution in [2.24, 2.45) is 5.41 Å². The Balaban J connectivity index is 2.03. The van der Waals surface area contributed by atoms with Crippen LogP contribution in [-0.4, -0.2) is 28.6 Å². The molecule has 19 heavy (non-hydrogen) atoms. The van der Waals surface area contributed by atoms with E-state index in [1.807, 2.05) is 0 Å². The van der Waals surface area contributed by atoms with E-state index in [2.05, 4.69) is 0 Å². The highest BCUT2D eigenvalue weighted by atomic mass is 16.5. The summed E-state index contributed by atoms with van der Waals surface area (Å²) in [4.78, 5) is 25.1. The number of benzene rings is 1. The second-order valence-corrected chi connectivity index (χ2v) is 5.66.